The summed E-state index contributed by atoms with van der Waals surface area (Å²) >= 11 is 0. The fourth-order valence-electron chi connectivity index (χ4n) is 2.37. The molecule has 0 heterocycles. The van der Waals surface area contributed by atoms with E-state index in [1.807, 2.05) is 60.7 Å². The highest BCUT2D eigenvalue weighted by atomic mass is 16.5. The topological polar surface area (TPSA) is 41.8 Å². The van der Waals surface area contributed by atoms with Gasteiger partial charge in [0.05, 0.1) is 12.3 Å². The zero-order valence-electron chi connectivity index (χ0n) is 13.1. The second-order valence-electron chi connectivity index (χ2n) is 5.33. The second kappa shape index (κ2) is 6.97. The van der Waals surface area contributed by atoms with Gasteiger partial charge in [0, 0.05) is 17.2 Å². The van der Waals surface area contributed by atoms with E-state index in [0.29, 0.717) is 12.2 Å². The van der Waals surface area contributed by atoms with Gasteiger partial charge in [0.2, 0.25) is 0 Å². The SMILES string of the molecule is CCCOc1ccc(N=Cc2ccc3ccccc3c2O)cc1. The number of hydrogen-bond donors (Lipinski definition) is 1. The normalized spacial score (nSPS) is 11.2. The van der Waals surface area contributed by atoms with E-state index in [9.17, 15) is 5.11 Å². The van der Waals surface area contributed by atoms with Gasteiger partial charge >= 0.3 is 0 Å². The smallest absolute Gasteiger partial charge is 0.132 e. The molecule has 23 heavy (non-hydrogen) atoms. The third-order valence-electron chi connectivity index (χ3n) is 3.59. The van der Waals surface area contributed by atoms with Crippen LogP contribution in [0.5, 0.6) is 11.5 Å². The Kier molecular flexibility index (Phi) is 4.57. The number of nitrogens with zero attached hydrogens (tertiary/aromatic N) is 1. The molecule has 0 fully saturated rings. The van der Waals surface area contributed by atoms with Crippen LogP contribution < -0.4 is 4.74 Å². The van der Waals surface area contributed by atoms with Crippen molar-refractivity contribution in [2.45, 2.75) is 13.3 Å². The Bertz CT molecular complexity index is 823. The Hall–Kier alpha value is -2.81. The van der Waals surface area contributed by atoms with Crippen molar-refractivity contribution < 1.29 is 9.84 Å². The highest BCUT2D eigenvalue weighted by molar-refractivity contribution is 5.97. The first-order chi connectivity index (χ1) is 11.3. The van der Waals surface area contributed by atoms with Gasteiger partial charge in [-0.3, -0.25) is 4.99 Å². The minimum Gasteiger partial charge on any atom is -0.507 e. The Morgan fingerprint density at radius 1 is 1.00 bits per heavy atom. The number of phenols is 1. The van der Waals surface area contributed by atoms with Crippen LogP contribution in [0, 0.1) is 0 Å². The van der Waals surface area contributed by atoms with E-state index in [-0.39, 0.29) is 5.75 Å². The molecule has 3 aromatic rings. The minimum absolute atomic E-state index is 0.259. The highest BCUT2D eigenvalue weighted by Crippen LogP contribution is 2.28. The first-order valence-electron chi connectivity index (χ1n) is 7.75. The molecule has 0 aliphatic carbocycles. The Labute approximate surface area is 135 Å². The molecule has 0 amide bonds. The third-order valence-corrected chi connectivity index (χ3v) is 3.59. The molecule has 0 bridgehead atoms. The van der Waals surface area contributed by atoms with Crippen molar-refractivity contribution >= 4 is 22.7 Å². The lowest BCUT2D eigenvalue weighted by Gasteiger charge is -2.05. The predicted octanol–water partition coefficient (Wildman–Crippen LogP) is 5.08. The highest BCUT2D eigenvalue weighted by Gasteiger charge is 2.03. The molecule has 0 atom stereocenters. The number of hydrogen-bond acceptors (Lipinski definition) is 3. The first-order valence-corrected chi connectivity index (χ1v) is 7.75. The molecule has 0 aliphatic rings. The van der Waals surface area contributed by atoms with Crippen molar-refractivity contribution in [3.05, 3.63) is 66.2 Å². The van der Waals surface area contributed by atoms with Crippen LogP contribution in [0.1, 0.15) is 18.9 Å². The lowest BCUT2D eigenvalue weighted by atomic mass is 10.1. The van der Waals surface area contributed by atoms with Gasteiger partial charge in [-0.05, 0) is 42.1 Å². The summed E-state index contributed by atoms with van der Waals surface area (Å²) in [6, 6.07) is 19.2. The summed E-state index contributed by atoms with van der Waals surface area (Å²) in [5.74, 6) is 1.11. The molecule has 0 saturated heterocycles. The third kappa shape index (κ3) is 3.51. The Morgan fingerprint density at radius 3 is 2.57 bits per heavy atom. The van der Waals surface area contributed by atoms with Crippen LogP contribution in [0.2, 0.25) is 0 Å². The van der Waals surface area contributed by atoms with Gasteiger partial charge in [0.25, 0.3) is 0 Å². The fraction of sp³-hybridized carbons (Fsp3) is 0.150. The van der Waals surface area contributed by atoms with Gasteiger partial charge in [-0.1, -0.05) is 37.3 Å². The maximum absolute atomic E-state index is 10.4. The summed E-state index contributed by atoms with van der Waals surface area (Å²) in [5, 5.41) is 12.2. The van der Waals surface area contributed by atoms with Gasteiger partial charge in [-0.2, -0.15) is 0 Å². The van der Waals surface area contributed by atoms with Crippen molar-refractivity contribution in [3.63, 3.8) is 0 Å². The van der Waals surface area contributed by atoms with Crippen LogP contribution in [0.25, 0.3) is 10.8 Å². The molecule has 3 heteroatoms. The van der Waals surface area contributed by atoms with E-state index in [1.54, 1.807) is 6.21 Å². The Balaban J connectivity index is 1.81. The predicted molar refractivity (Wildman–Crippen MR) is 95.1 cm³/mol. The minimum atomic E-state index is 0.259. The van der Waals surface area contributed by atoms with Crippen LogP contribution in [0.4, 0.5) is 5.69 Å². The number of aromatic hydroxyl groups is 1. The van der Waals surface area contributed by atoms with E-state index in [2.05, 4.69) is 11.9 Å². The van der Waals surface area contributed by atoms with Crippen LogP contribution >= 0.6 is 0 Å². The number of rotatable bonds is 5. The van der Waals surface area contributed by atoms with Crippen molar-refractivity contribution in [3.8, 4) is 11.5 Å². The Morgan fingerprint density at radius 2 is 1.78 bits per heavy atom. The lowest BCUT2D eigenvalue weighted by molar-refractivity contribution is 0.317. The van der Waals surface area contributed by atoms with Gasteiger partial charge in [-0.15, -0.1) is 0 Å². The largest absolute Gasteiger partial charge is 0.507 e. The van der Waals surface area contributed by atoms with E-state index in [4.69, 9.17) is 4.74 Å². The zero-order valence-corrected chi connectivity index (χ0v) is 13.1. The zero-order chi connectivity index (χ0) is 16.1. The van der Waals surface area contributed by atoms with Crippen molar-refractivity contribution in [2.75, 3.05) is 6.61 Å². The average molecular weight is 305 g/mol. The fourth-order valence-corrected chi connectivity index (χ4v) is 2.37. The van der Waals surface area contributed by atoms with Crippen molar-refractivity contribution in [2.24, 2.45) is 4.99 Å². The van der Waals surface area contributed by atoms with E-state index >= 15 is 0 Å². The van der Waals surface area contributed by atoms with Gasteiger partial charge < -0.3 is 9.84 Å². The molecule has 0 aliphatic heterocycles. The summed E-state index contributed by atoms with van der Waals surface area (Å²) in [7, 11) is 0. The number of ether oxygens (including phenoxy) is 1. The first kappa shape index (κ1) is 15.1. The molecule has 0 saturated carbocycles. The molecule has 3 nitrogen and oxygen atoms in total. The van der Waals surface area contributed by atoms with Gasteiger partial charge in [0.15, 0.2) is 0 Å². The number of fused-ring (bicyclic) bond motifs is 1. The van der Waals surface area contributed by atoms with Crippen LogP contribution in [-0.4, -0.2) is 17.9 Å². The summed E-state index contributed by atoms with van der Waals surface area (Å²) in [4.78, 5) is 4.42. The molecule has 0 unspecified atom stereocenters. The summed E-state index contributed by atoms with van der Waals surface area (Å²) < 4.78 is 5.55. The van der Waals surface area contributed by atoms with Crippen molar-refractivity contribution in [1.82, 2.24) is 0 Å². The van der Waals surface area contributed by atoms with Crippen LogP contribution in [0.15, 0.2) is 65.7 Å². The number of phenolic OH excluding ortho intramolecular Hbond substituents is 1. The number of aliphatic imine (C=N–C) groups is 1. The van der Waals surface area contributed by atoms with Gasteiger partial charge in [-0.25, -0.2) is 0 Å². The molecular formula is C20H19NO2. The summed E-state index contributed by atoms with van der Waals surface area (Å²) in [6.45, 7) is 2.79. The molecular weight excluding hydrogens is 286 g/mol. The molecule has 3 aromatic carbocycles. The maximum Gasteiger partial charge on any atom is 0.132 e. The summed E-state index contributed by atoms with van der Waals surface area (Å²) in [6.07, 6.45) is 2.67. The molecule has 0 spiro atoms. The standard InChI is InChI=1S/C20H19NO2/c1-2-13-23-18-11-9-17(10-12-18)21-14-16-8-7-15-5-3-4-6-19(15)20(16)22/h3-12,14,22H,2,13H2,1H3. The van der Waals surface area contributed by atoms with E-state index < -0.39 is 0 Å². The molecule has 0 radical (unpaired) electrons. The van der Waals surface area contributed by atoms with E-state index in [0.717, 1.165) is 28.6 Å². The lowest BCUT2D eigenvalue weighted by Crippen LogP contribution is -1.93. The molecule has 0 aromatic heterocycles. The maximum atomic E-state index is 10.4. The second-order valence-corrected chi connectivity index (χ2v) is 5.33. The molecule has 116 valence electrons. The average Bonchev–Trinajstić information content (AvgIpc) is 2.60. The van der Waals surface area contributed by atoms with Crippen molar-refractivity contribution in [1.29, 1.82) is 0 Å². The monoisotopic (exact) mass is 305 g/mol. The van der Waals surface area contributed by atoms with Gasteiger partial charge in [0.1, 0.15) is 11.5 Å². The molecule has 1 N–H and O–H groups in total. The number of benzene rings is 3. The van der Waals surface area contributed by atoms with Crippen LogP contribution in [-0.2, 0) is 0 Å². The van der Waals surface area contributed by atoms with Crippen LogP contribution in [0.3, 0.4) is 0 Å². The molecule has 3 rings (SSSR count). The quantitative estimate of drug-likeness (QED) is 0.667. The summed E-state index contributed by atoms with van der Waals surface area (Å²) in [5.41, 5.74) is 1.52. The van der Waals surface area contributed by atoms with E-state index in [1.165, 1.54) is 0 Å².